The summed E-state index contributed by atoms with van der Waals surface area (Å²) >= 11 is 0. The molecular weight excluding hydrogens is 432 g/mol. The number of rotatable bonds is 9. The summed E-state index contributed by atoms with van der Waals surface area (Å²) in [6, 6.07) is 30.3. The molecule has 0 radical (unpaired) electrons. The maximum Gasteiger partial charge on any atom is 0.184 e. The molecule has 0 amide bonds. The van der Waals surface area contributed by atoms with Gasteiger partial charge in [0.15, 0.2) is 6.29 Å². The van der Waals surface area contributed by atoms with Gasteiger partial charge in [0.1, 0.15) is 30.0 Å². The summed E-state index contributed by atoms with van der Waals surface area (Å²) in [6.45, 7) is 0.143. The molecule has 0 aliphatic carbocycles. The van der Waals surface area contributed by atoms with Gasteiger partial charge < -0.3 is 28.8 Å². The van der Waals surface area contributed by atoms with Crippen LogP contribution in [-0.4, -0.2) is 63.7 Å². The largest absolute Gasteiger partial charge is 0.376 e. The number of hydrogen-bond acceptors (Lipinski definition) is 6. The lowest BCUT2D eigenvalue weighted by Crippen LogP contribution is -2.61. The van der Waals surface area contributed by atoms with Gasteiger partial charge in [0.05, 0.1) is 6.61 Å². The lowest BCUT2D eigenvalue weighted by Gasteiger charge is -2.44. The SMILES string of the molecule is COC1C(O)OC(COC(c2ccccc2)(c2ccccc2)c2ccccc2)C(OC)C1OC. The van der Waals surface area contributed by atoms with Crippen molar-refractivity contribution < 1.29 is 28.8 Å². The quantitative estimate of drug-likeness (QED) is 0.487. The van der Waals surface area contributed by atoms with E-state index < -0.39 is 36.3 Å². The fourth-order valence-corrected chi connectivity index (χ4v) is 4.81. The van der Waals surface area contributed by atoms with E-state index in [0.29, 0.717) is 0 Å². The van der Waals surface area contributed by atoms with E-state index in [0.717, 1.165) is 16.7 Å². The van der Waals surface area contributed by atoms with Crippen LogP contribution < -0.4 is 0 Å². The molecule has 1 aliphatic rings. The average Bonchev–Trinajstić information content (AvgIpc) is 2.90. The zero-order valence-electron chi connectivity index (χ0n) is 19.7. The molecule has 1 fully saturated rings. The zero-order valence-corrected chi connectivity index (χ0v) is 19.7. The highest BCUT2D eigenvalue weighted by Crippen LogP contribution is 2.41. The summed E-state index contributed by atoms with van der Waals surface area (Å²) in [6.07, 6.45) is -3.46. The molecule has 5 unspecified atom stereocenters. The topological polar surface area (TPSA) is 66.4 Å². The molecule has 0 aromatic heterocycles. The van der Waals surface area contributed by atoms with Crippen molar-refractivity contribution >= 4 is 0 Å². The minimum Gasteiger partial charge on any atom is -0.376 e. The second-order valence-corrected chi connectivity index (χ2v) is 8.26. The van der Waals surface area contributed by atoms with Crippen LogP contribution in [0.15, 0.2) is 91.0 Å². The first-order chi connectivity index (χ1) is 16.7. The molecular formula is C28H32O6. The third kappa shape index (κ3) is 4.66. The Morgan fingerprint density at radius 1 is 0.647 bits per heavy atom. The molecule has 5 atom stereocenters. The minimum absolute atomic E-state index is 0.143. The molecule has 0 spiro atoms. The van der Waals surface area contributed by atoms with Crippen molar-refractivity contribution in [3.05, 3.63) is 108 Å². The molecule has 1 aliphatic heterocycles. The van der Waals surface area contributed by atoms with Crippen LogP contribution in [0.4, 0.5) is 0 Å². The van der Waals surface area contributed by atoms with E-state index in [2.05, 4.69) is 36.4 Å². The molecule has 1 N–H and O–H groups in total. The van der Waals surface area contributed by atoms with Crippen molar-refractivity contribution in [2.45, 2.75) is 36.3 Å². The lowest BCUT2D eigenvalue weighted by molar-refractivity contribution is -0.304. The van der Waals surface area contributed by atoms with Crippen molar-refractivity contribution in [2.75, 3.05) is 27.9 Å². The fraction of sp³-hybridized carbons (Fsp3) is 0.357. The Labute approximate surface area is 201 Å². The van der Waals surface area contributed by atoms with Crippen LogP contribution in [0.5, 0.6) is 0 Å². The van der Waals surface area contributed by atoms with Crippen molar-refractivity contribution in [1.82, 2.24) is 0 Å². The summed E-state index contributed by atoms with van der Waals surface area (Å²) in [5.74, 6) is 0. The van der Waals surface area contributed by atoms with E-state index in [-0.39, 0.29) is 6.61 Å². The van der Waals surface area contributed by atoms with Crippen molar-refractivity contribution in [2.24, 2.45) is 0 Å². The monoisotopic (exact) mass is 464 g/mol. The smallest absolute Gasteiger partial charge is 0.184 e. The van der Waals surface area contributed by atoms with E-state index in [1.54, 1.807) is 14.2 Å². The van der Waals surface area contributed by atoms with Gasteiger partial charge in [-0.05, 0) is 16.7 Å². The molecule has 3 aromatic rings. The summed E-state index contributed by atoms with van der Waals surface area (Å²) in [5, 5.41) is 10.6. The Hall–Kier alpha value is -2.58. The maximum absolute atomic E-state index is 10.6. The van der Waals surface area contributed by atoms with Crippen molar-refractivity contribution in [1.29, 1.82) is 0 Å². The normalized spacial score (nSPS) is 25.2. The van der Waals surface area contributed by atoms with Crippen LogP contribution in [-0.2, 0) is 29.3 Å². The molecule has 6 heteroatoms. The lowest BCUT2D eigenvalue weighted by atomic mass is 9.80. The zero-order chi connectivity index (χ0) is 24.0. The summed E-state index contributed by atoms with van der Waals surface area (Å²) in [5.41, 5.74) is 2.04. The predicted octanol–water partition coefficient (Wildman–Crippen LogP) is 3.76. The first kappa shape index (κ1) is 24.5. The summed E-state index contributed by atoms with van der Waals surface area (Å²) in [7, 11) is 4.68. The number of aliphatic hydroxyl groups excluding tert-OH is 1. The number of methoxy groups -OCH3 is 3. The standard InChI is InChI=1S/C28H32O6/c1-30-24-23(34-27(29)26(32-3)25(24)31-2)19-33-28(20-13-7-4-8-14-20,21-15-9-5-10-16-21)22-17-11-6-12-18-22/h4-18,23-27,29H,19H2,1-3H3. The molecule has 3 aromatic carbocycles. The molecule has 0 saturated carbocycles. The third-order valence-corrected chi connectivity index (χ3v) is 6.43. The van der Waals surface area contributed by atoms with Gasteiger partial charge in [0.2, 0.25) is 0 Å². The van der Waals surface area contributed by atoms with Crippen molar-refractivity contribution in [3.63, 3.8) is 0 Å². The number of ether oxygens (including phenoxy) is 5. The van der Waals surface area contributed by atoms with Gasteiger partial charge in [0, 0.05) is 21.3 Å². The Morgan fingerprint density at radius 2 is 1.06 bits per heavy atom. The van der Waals surface area contributed by atoms with Gasteiger partial charge in [0.25, 0.3) is 0 Å². The molecule has 6 nitrogen and oxygen atoms in total. The number of benzene rings is 3. The summed E-state index contributed by atoms with van der Waals surface area (Å²) < 4.78 is 29.6. The second kappa shape index (κ2) is 11.2. The second-order valence-electron chi connectivity index (χ2n) is 8.26. The van der Waals surface area contributed by atoms with Gasteiger partial charge in [-0.1, -0.05) is 91.0 Å². The molecule has 180 valence electrons. The Bertz CT molecular complexity index is 901. The first-order valence-electron chi connectivity index (χ1n) is 11.4. The molecule has 1 saturated heterocycles. The Kier molecular flexibility index (Phi) is 8.11. The van der Waals surface area contributed by atoms with Gasteiger partial charge in [-0.2, -0.15) is 0 Å². The molecule has 34 heavy (non-hydrogen) atoms. The number of aliphatic hydroxyl groups is 1. The molecule has 0 bridgehead atoms. The van der Waals surface area contributed by atoms with Crippen LogP contribution in [0, 0.1) is 0 Å². The third-order valence-electron chi connectivity index (χ3n) is 6.43. The molecule has 4 rings (SSSR count). The van der Waals surface area contributed by atoms with Gasteiger partial charge in [-0.15, -0.1) is 0 Å². The highest BCUT2D eigenvalue weighted by molar-refractivity contribution is 5.47. The average molecular weight is 465 g/mol. The van der Waals surface area contributed by atoms with Crippen LogP contribution in [0.25, 0.3) is 0 Å². The highest BCUT2D eigenvalue weighted by atomic mass is 16.7. The molecule has 1 heterocycles. The van der Waals surface area contributed by atoms with E-state index in [9.17, 15) is 5.11 Å². The van der Waals surface area contributed by atoms with Gasteiger partial charge in [-0.3, -0.25) is 0 Å². The number of hydrogen-bond donors (Lipinski definition) is 1. The summed E-state index contributed by atoms with van der Waals surface area (Å²) in [4.78, 5) is 0. The Balaban J connectivity index is 1.76. The predicted molar refractivity (Wildman–Crippen MR) is 128 cm³/mol. The van der Waals surface area contributed by atoms with E-state index in [4.69, 9.17) is 23.7 Å². The maximum atomic E-state index is 10.6. The first-order valence-corrected chi connectivity index (χ1v) is 11.4. The minimum atomic E-state index is -1.17. The van der Waals surface area contributed by atoms with E-state index in [1.165, 1.54) is 7.11 Å². The van der Waals surface area contributed by atoms with E-state index >= 15 is 0 Å². The van der Waals surface area contributed by atoms with Gasteiger partial charge in [-0.25, -0.2) is 0 Å². The highest BCUT2D eigenvalue weighted by Gasteiger charge is 2.48. The van der Waals surface area contributed by atoms with Crippen LogP contribution >= 0.6 is 0 Å². The van der Waals surface area contributed by atoms with Gasteiger partial charge >= 0.3 is 0 Å². The van der Waals surface area contributed by atoms with Crippen LogP contribution in [0.3, 0.4) is 0 Å². The van der Waals surface area contributed by atoms with Crippen molar-refractivity contribution in [3.8, 4) is 0 Å². The Morgan fingerprint density at radius 3 is 1.44 bits per heavy atom. The van der Waals surface area contributed by atoms with E-state index in [1.807, 2.05) is 54.6 Å². The van der Waals surface area contributed by atoms with Crippen LogP contribution in [0.1, 0.15) is 16.7 Å². The fourth-order valence-electron chi connectivity index (χ4n) is 4.81. The van der Waals surface area contributed by atoms with Crippen LogP contribution in [0.2, 0.25) is 0 Å².